The molecule has 0 amide bonds. The van der Waals surface area contributed by atoms with Gasteiger partial charge < -0.3 is 0 Å². The molecule has 0 saturated heterocycles. The van der Waals surface area contributed by atoms with Gasteiger partial charge in [0.2, 0.25) is 0 Å². The molecule has 0 bridgehead atoms. The summed E-state index contributed by atoms with van der Waals surface area (Å²) < 4.78 is 0. The summed E-state index contributed by atoms with van der Waals surface area (Å²) in [4.78, 5) is 0. The van der Waals surface area contributed by atoms with Crippen LogP contribution in [0.4, 0.5) is 0 Å². The summed E-state index contributed by atoms with van der Waals surface area (Å²) in [7, 11) is 0. The van der Waals surface area contributed by atoms with Gasteiger partial charge in [0, 0.05) is 0 Å². The fourth-order valence-electron chi connectivity index (χ4n) is 5.03. The van der Waals surface area contributed by atoms with E-state index in [0.717, 1.165) is 23.7 Å². The van der Waals surface area contributed by atoms with E-state index in [4.69, 9.17) is 0 Å². The van der Waals surface area contributed by atoms with Gasteiger partial charge in [0.1, 0.15) is 0 Å². The van der Waals surface area contributed by atoms with Crippen molar-refractivity contribution >= 4 is 5.57 Å². The van der Waals surface area contributed by atoms with Gasteiger partial charge in [-0.05, 0) is 80.3 Å². The predicted molar refractivity (Wildman–Crippen MR) is 99.3 cm³/mol. The highest BCUT2D eigenvalue weighted by Gasteiger charge is 2.31. The predicted octanol–water partition coefficient (Wildman–Crippen LogP) is 6.79. The number of rotatable bonds is 4. The first-order valence-electron chi connectivity index (χ1n) is 10.0. The first-order valence-corrected chi connectivity index (χ1v) is 10.0. The van der Waals surface area contributed by atoms with E-state index in [1.54, 1.807) is 12.0 Å². The lowest BCUT2D eigenvalue weighted by molar-refractivity contribution is 0.186. The monoisotopic (exact) mass is 308 g/mol. The van der Waals surface area contributed by atoms with E-state index in [1.807, 2.05) is 0 Å². The minimum Gasteiger partial charge on any atom is -0.0804 e. The molecule has 0 heterocycles. The largest absolute Gasteiger partial charge is 0.0804 e. The maximum Gasteiger partial charge on any atom is -0.0228 e. The van der Waals surface area contributed by atoms with E-state index in [-0.39, 0.29) is 0 Å². The van der Waals surface area contributed by atoms with Crippen molar-refractivity contribution in [2.75, 3.05) is 0 Å². The topological polar surface area (TPSA) is 0 Å². The van der Waals surface area contributed by atoms with Gasteiger partial charge in [-0.2, -0.15) is 0 Å². The lowest BCUT2D eigenvalue weighted by Gasteiger charge is -2.35. The van der Waals surface area contributed by atoms with Crippen molar-refractivity contribution in [3.05, 3.63) is 41.5 Å². The van der Waals surface area contributed by atoms with Crippen molar-refractivity contribution in [3.8, 4) is 0 Å². The lowest BCUT2D eigenvalue weighted by Crippen LogP contribution is -2.23. The molecule has 0 nitrogen and oxygen atoms in total. The van der Waals surface area contributed by atoms with E-state index < -0.39 is 0 Å². The second-order valence-electron chi connectivity index (χ2n) is 8.59. The maximum absolute atomic E-state index is 2.56. The third-order valence-corrected chi connectivity index (χ3v) is 6.80. The summed E-state index contributed by atoms with van der Waals surface area (Å²) in [5.74, 6) is 4.22. The van der Waals surface area contributed by atoms with Crippen molar-refractivity contribution in [2.24, 2.45) is 23.7 Å². The summed E-state index contributed by atoms with van der Waals surface area (Å²) in [5, 5.41) is 0. The van der Waals surface area contributed by atoms with E-state index in [9.17, 15) is 0 Å². The van der Waals surface area contributed by atoms with Crippen LogP contribution in [-0.4, -0.2) is 0 Å². The molecular weight excluding hydrogens is 276 g/mol. The Morgan fingerprint density at radius 2 is 1.43 bits per heavy atom. The molecule has 4 rings (SSSR count). The van der Waals surface area contributed by atoms with Crippen molar-refractivity contribution < 1.29 is 0 Å². The van der Waals surface area contributed by atoms with Crippen molar-refractivity contribution in [3.63, 3.8) is 0 Å². The standard InChI is InChI=1S/C23H32/c1-17-2-8-20(9-3-17)22-12-14-23(15-13-22)21-10-6-19(7-11-21)16-18-4-5-18/h2-3,8-9,12,18-19,21,23H,4-7,10-11,13-16H2,1H3. The van der Waals surface area contributed by atoms with E-state index in [2.05, 4.69) is 37.3 Å². The Morgan fingerprint density at radius 3 is 2.00 bits per heavy atom. The van der Waals surface area contributed by atoms with Gasteiger partial charge in [0.05, 0.1) is 0 Å². The smallest absolute Gasteiger partial charge is 0.0228 e. The summed E-state index contributed by atoms with van der Waals surface area (Å²) in [6.07, 6.45) is 17.4. The Kier molecular flexibility index (Phi) is 4.60. The van der Waals surface area contributed by atoms with Crippen LogP contribution in [0.5, 0.6) is 0 Å². The summed E-state index contributed by atoms with van der Waals surface area (Å²) >= 11 is 0. The van der Waals surface area contributed by atoms with Crippen LogP contribution < -0.4 is 0 Å². The van der Waals surface area contributed by atoms with Gasteiger partial charge in [0.15, 0.2) is 0 Å². The average Bonchev–Trinajstić information content (AvgIpc) is 3.41. The van der Waals surface area contributed by atoms with Gasteiger partial charge in [-0.15, -0.1) is 0 Å². The van der Waals surface area contributed by atoms with Crippen molar-refractivity contribution in [2.45, 2.75) is 71.1 Å². The van der Waals surface area contributed by atoms with Crippen LogP contribution in [0.1, 0.15) is 75.3 Å². The molecule has 1 aromatic rings. The molecular formula is C23H32. The third-order valence-electron chi connectivity index (χ3n) is 6.80. The van der Waals surface area contributed by atoms with E-state index in [1.165, 1.54) is 68.9 Å². The zero-order valence-corrected chi connectivity index (χ0v) is 14.8. The summed E-state index contributed by atoms with van der Waals surface area (Å²) in [6.45, 7) is 2.18. The molecule has 0 aromatic heterocycles. The maximum atomic E-state index is 2.56. The van der Waals surface area contributed by atoms with Crippen LogP contribution in [0, 0.1) is 30.6 Å². The molecule has 2 fully saturated rings. The summed E-state index contributed by atoms with van der Waals surface area (Å²) in [5.41, 5.74) is 4.43. The van der Waals surface area contributed by atoms with Gasteiger partial charge >= 0.3 is 0 Å². The first kappa shape index (κ1) is 15.5. The second-order valence-corrected chi connectivity index (χ2v) is 8.59. The molecule has 0 aliphatic heterocycles. The molecule has 3 aliphatic rings. The Balaban J connectivity index is 1.29. The minimum atomic E-state index is 0.978. The fourth-order valence-corrected chi connectivity index (χ4v) is 5.03. The molecule has 1 aromatic carbocycles. The van der Waals surface area contributed by atoms with Gasteiger partial charge in [-0.3, -0.25) is 0 Å². The number of hydrogen-bond donors (Lipinski definition) is 0. The number of aryl methyl sites for hydroxylation is 1. The summed E-state index contributed by atoms with van der Waals surface area (Å²) in [6, 6.07) is 9.13. The molecule has 0 heteroatoms. The zero-order valence-electron chi connectivity index (χ0n) is 14.8. The Labute approximate surface area is 142 Å². The van der Waals surface area contributed by atoms with Crippen LogP contribution in [0.2, 0.25) is 0 Å². The SMILES string of the molecule is Cc1ccc(C2=CCC(C3CCC(CC4CC4)CC3)CC2)cc1. The Bertz CT molecular complexity index is 538. The quantitative estimate of drug-likeness (QED) is 0.574. The fraction of sp³-hybridized carbons (Fsp3) is 0.652. The molecule has 23 heavy (non-hydrogen) atoms. The molecule has 2 saturated carbocycles. The van der Waals surface area contributed by atoms with Gasteiger partial charge in [0.25, 0.3) is 0 Å². The number of hydrogen-bond acceptors (Lipinski definition) is 0. The highest BCUT2D eigenvalue weighted by Crippen LogP contribution is 2.45. The van der Waals surface area contributed by atoms with Crippen molar-refractivity contribution in [1.82, 2.24) is 0 Å². The normalized spacial score (nSPS) is 31.7. The molecule has 0 spiro atoms. The third kappa shape index (κ3) is 3.90. The number of benzene rings is 1. The minimum absolute atomic E-state index is 0.978. The molecule has 1 unspecified atom stereocenters. The molecule has 0 N–H and O–H groups in total. The van der Waals surface area contributed by atoms with Crippen LogP contribution >= 0.6 is 0 Å². The Hall–Kier alpha value is -1.04. The van der Waals surface area contributed by atoms with Gasteiger partial charge in [-0.1, -0.05) is 61.6 Å². The van der Waals surface area contributed by atoms with Crippen LogP contribution in [0.25, 0.3) is 5.57 Å². The second kappa shape index (κ2) is 6.83. The van der Waals surface area contributed by atoms with Crippen molar-refractivity contribution in [1.29, 1.82) is 0 Å². The molecule has 1 atom stereocenters. The molecule has 0 radical (unpaired) electrons. The van der Waals surface area contributed by atoms with Gasteiger partial charge in [-0.25, -0.2) is 0 Å². The Morgan fingerprint density at radius 1 is 0.783 bits per heavy atom. The van der Waals surface area contributed by atoms with E-state index >= 15 is 0 Å². The lowest BCUT2D eigenvalue weighted by atomic mass is 9.70. The average molecular weight is 309 g/mol. The molecule has 124 valence electrons. The molecule has 3 aliphatic carbocycles. The first-order chi connectivity index (χ1) is 11.3. The van der Waals surface area contributed by atoms with Crippen LogP contribution in [0.15, 0.2) is 30.3 Å². The zero-order chi connectivity index (χ0) is 15.6. The highest BCUT2D eigenvalue weighted by molar-refractivity contribution is 5.66. The van der Waals surface area contributed by atoms with Crippen LogP contribution in [0.3, 0.4) is 0 Å². The van der Waals surface area contributed by atoms with Crippen LogP contribution in [-0.2, 0) is 0 Å². The van der Waals surface area contributed by atoms with E-state index in [0.29, 0.717) is 0 Å². The number of allylic oxidation sites excluding steroid dienone is 2. The highest BCUT2D eigenvalue weighted by atomic mass is 14.4.